The van der Waals surface area contributed by atoms with Gasteiger partial charge in [0, 0.05) is 13.0 Å². The van der Waals surface area contributed by atoms with Crippen molar-refractivity contribution in [3.8, 4) is 0 Å². The highest BCUT2D eigenvalue weighted by Crippen LogP contribution is 2.20. The molecule has 0 aromatic rings. The molecule has 1 aliphatic rings. The van der Waals surface area contributed by atoms with E-state index in [0.29, 0.717) is 13.2 Å². The highest BCUT2D eigenvalue weighted by Gasteiger charge is 2.36. The molecule has 0 aliphatic carbocycles. The van der Waals surface area contributed by atoms with Crippen LogP contribution < -0.4 is 5.73 Å². The van der Waals surface area contributed by atoms with Gasteiger partial charge in [0.15, 0.2) is 6.29 Å². The van der Waals surface area contributed by atoms with Crippen LogP contribution in [0.5, 0.6) is 0 Å². The Balaban J connectivity index is 2.41. The van der Waals surface area contributed by atoms with Crippen LogP contribution in [0.1, 0.15) is 6.42 Å². The Labute approximate surface area is 82.2 Å². The average molecular weight is 207 g/mol. The van der Waals surface area contributed by atoms with Crippen molar-refractivity contribution in [2.75, 3.05) is 19.8 Å². The van der Waals surface area contributed by atoms with E-state index in [-0.39, 0.29) is 13.0 Å². The molecule has 0 saturated carbocycles. The minimum atomic E-state index is -1.06. The summed E-state index contributed by atoms with van der Waals surface area (Å²) < 4.78 is 10.3. The van der Waals surface area contributed by atoms with Crippen LogP contribution in [-0.4, -0.2) is 59.7 Å². The van der Waals surface area contributed by atoms with Crippen molar-refractivity contribution < 1.29 is 24.8 Å². The normalized spacial score (nSPS) is 38.6. The maximum Gasteiger partial charge on any atom is 0.160 e. The lowest BCUT2D eigenvalue weighted by Crippen LogP contribution is -2.50. The summed E-state index contributed by atoms with van der Waals surface area (Å²) in [4.78, 5) is 0. The van der Waals surface area contributed by atoms with Gasteiger partial charge in [-0.25, -0.2) is 0 Å². The van der Waals surface area contributed by atoms with Gasteiger partial charge in [-0.15, -0.1) is 0 Å². The molecule has 0 aromatic carbocycles. The van der Waals surface area contributed by atoms with Gasteiger partial charge >= 0.3 is 0 Å². The SMILES string of the molecule is NCCO[C@@H]1C[C@@H](O)[C@@H](O)[C@@H](CO)O1. The van der Waals surface area contributed by atoms with E-state index in [1.165, 1.54) is 0 Å². The second-order valence-electron chi connectivity index (χ2n) is 3.24. The average Bonchev–Trinajstić information content (AvgIpc) is 2.19. The number of hydrogen-bond donors (Lipinski definition) is 4. The molecule has 6 nitrogen and oxygen atoms in total. The maximum atomic E-state index is 9.40. The molecule has 1 aliphatic heterocycles. The molecule has 0 aromatic heterocycles. The summed E-state index contributed by atoms with van der Waals surface area (Å²) in [6.07, 6.45) is -3.19. The molecule has 1 heterocycles. The van der Waals surface area contributed by atoms with Crippen LogP contribution >= 0.6 is 0 Å². The molecule has 0 radical (unpaired) electrons. The molecule has 84 valence electrons. The Kier molecular flexibility index (Phi) is 4.73. The van der Waals surface area contributed by atoms with Crippen LogP contribution in [-0.2, 0) is 9.47 Å². The van der Waals surface area contributed by atoms with Gasteiger partial charge in [0.2, 0.25) is 0 Å². The van der Waals surface area contributed by atoms with Gasteiger partial charge in [-0.2, -0.15) is 0 Å². The number of rotatable bonds is 4. The highest BCUT2D eigenvalue weighted by molar-refractivity contribution is 4.82. The topological polar surface area (TPSA) is 105 Å². The predicted molar refractivity (Wildman–Crippen MR) is 47.4 cm³/mol. The van der Waals surface area contributed by atoms with Crippen molar-refractivity contribution in [2.45, 2.75) is 31.0 Å². The Morgan fingerprint density at radius 2 is 2.14 bits per heavy atom. The lowest BCUT2D eigenvalue weighted by molar-refractivity contribution is -0.255. The number of nitrogens with two attached hydrogens (primary N) is 1. The van der Waals surface area contributed by atoms with Gasteiger partial charge in [0.1, 0.15) is 12.2 Å². The Bertz CT molecular complexity index is 168. The van der Waals surface area contributed by atoms with Crippen molar-refractivity contribution in [1.29, 1.82) is 0 Å². The summed E-state index contributed by atoms with van der Waals surface area (Å²) in [5.41, 5.74) is 5.23. The van der Waals surface area contributed by atoms with Crippen molar-refractivity contribution in [1.82, 2.24) is 0 Å². The number of aliphatic hydroxyl groups excluding tert-OH is 3. The van der Waals surface area contributed by atoms with E-state index in [0.717, 1.165) is 0 Å². The van der Waals surface area contributed by atoms with Gasteiger partial charge in [0.05, 0.1) is 19.3 Å². The summed E-state index contributed by atoms with van der Waals surface area (Å²) in [5.74, 6) is 0. The minimum Gasteiger partial charge on any atom is -0.394 e. The molecule has 0 bridgehead atoms. The van der Waals surface area contributed by atoms with Gasteiger partial charge < -0.3 is 30.5 Å². The first-order valence-electron chi connectivity index (χ1n) is 4.63. The van der Waals surface area contributed by atoms with Crippen molar-refractivity contribution in [3.05, 3.63) is 0 Å². The third-order valence-corrected chi connectivity index (χ3v) is 2.14. The fourth-order valence-electron chi connectivity index (χ4n) is 1.37. The third-order valence-electron chi connectivity index (χ3n) is 2.14. The quantitative estimate of drug-likeness (QED) is 0.416. The lowest BCUT2D eigenvalue weighted by atomic mass is 10.0. The standard InChI is InChI=1S/C8H17NO5/c9-1-2-13-7-3-5(11)8(12)6(4-10)14-7/h5-8,10-12H,1-4,9H2/t5-,6-,7+,8-/m1/s1. The second kappa shape index (κ2) is 5.59. The fraction of sp³-hybridized carbons (Fsp3) is 1.00. The van der Waals surface area contributed by atoms with E-state index in [1.807, 2.05) is 0 Å². The molecule has 0 amide bonds. The highest BCUT2D eigenvalue weighted by atomic mass is 16.7. The van der Waals surface area contributed by atoms with Crippen molar-refractivity contribution in [3.63, 3.8) is 0 Å². The van der Waals surface area contributed by atoms with Gasteiger partial charge in [-0.05, 0) is 0 Å². The predicted octanol–water partition coefficient (Wildman–Crippen LogP) is -2.21. The largest absolute Gasteiger partial charge is 0.394 e. The Hall–Kier alpha value is -0.240. The van der Waals surface area contributed by atoms with Crippen LogP contribution in [0.25, 0.3) is 0 Å². The summed E-state index contributed by atoms with van der Waals surface area (Å²) in [7, 11) is 0. The molecule has 5 N–H and O–H groups in total. The Morgan fingerprint density at radius 3 is 2.71 bits per heavy atom. The zero-order valence-corrected chi connectivity index (χ0v) is 7.87. The van der Waals surface area contributed by atoms with Gasteiger partial charge in [-0.1, -0.05) is 0 Å². The Morgan fingerprint density at radius 1 is 1.43 bits per heavy atom. The summed E-state index contributed by atoms with van der Waals surface area (Å²) in [5, 5.41) is 27.6. The number of ether oxygens (including phenoxy) is 2. The maximum absolute atomic E-state index is 9.40. The molecule has 4 atom stereocenters. The molecule has 1 fully saturated rings. The van der Waals surface area contributed by atoms with E-state index in [4.69, 9.17) is 20.3 Å². The zero-order chi connectivity index (χ0) is 10.6. The summed E-state index contributed by atoms with van der Waals surface area (Å²) in [6.45, 7) is 0.342. The number of aliphatic hydroxyl groups is 3. The van der Waals surface area contributed by atoms with Gasteiger partial charge in [0.25, 0.3) is 0 Å². The molecule has 0 spiro atoms. The molecule has 6 heteroatoms. The second-order valence-corrected chi connectivity index (χ2v) is 3.24. The minimum absolute atomic E-state index is 0.192. The molecular weight excluding hydrogens is 190 g/mol. The van der Waals surface area contributed by atoms with Crippen molar-refractivity contribution in [2.24, 2.45) is 5.73 Å². The van der Waals surface area contributed by atoms with E-state index < -0.39 is 24.6 Å². The third kappa shape index (κ3) is 2.88. The summed E-state index contributed by atoms with van der Waals surface area (Å²) >= 11 is 0. The number of hydrogen-bond acceptors (Lipinski definition) is 6. The molecule has 14 heavy (non-hydrogen) atoms. The van der Waals surface area contributed by atoms with E-state index in [9.17, 15) is 10.2 Å². The first-order valence-corrected chi connectivity index (χ1v) is 4.63. The smallest absolute Gasteiger partial charge is 0.160 e. The van der Waals surface area contributed by atoms with Crippen LogP contribution in [0, 0.1) is 0 Å². The lowest BCUT2D eigenvalue weighted by Gasteiger charge is -2.35. The van der Waals surface area contributed by atoms with Crippen LogP contribution in [0.3, 0.4) is 0 Å². The molecule has 1 rings (SSSR count). The molecule has 1 saturated heterocycles. The fourth-order valence-corrected chi connectivity index (χ4v) is 1.37. The zero-order valence-electron chi connectivity index (χ0n) is 7.87. The van der Waals surface area contributed by atoms with Crippen LogP contribution in [0.4, 0.5) is 0 Å². The van der Waals surface area contributed by atoms with Crippen LogP contribution in [0.15, 0.2) is 0 Å². The summed E-state index contributed by atoms with van der Waals surface area (Å²) in [6, 6.07) is 0. The van der Waals surface area contributed by atoms with E-state index in [2.05, 4.69) is 0 Å². The first kappa shape index (κ1) is 11.8. The molecule has 0 unspecified atom stereocenters. The van der Waals surface area contributed by atoms with Crippen LogP contribution in [0.2, 0.25) is 0 Å². The van der Waals surface area contributed by atoms with E-state index >= 15 is 0 Å². The van der Waals surface area contributed by atoms with E-state index in [1.54, 1.807) is 0 Å². The van der Waals surface area contributed by atoms with Crippen molar-refractivity contribution >= 4 is 0 Å². The molecular formula is C8H17NO5. The monoisotopic (exact) mass is 207 g/mol. The first-order chi connectivity index (χ1) is 6.69. The van der Waals surface area contributed by atoms with Gasteiger partial charge in [-0.3, -0.25) is 0 Å².